The second kappa shape index (κ2) is 3.93. The fourth-order valence-electron chi connectivity index (χ4n) is 1.34. The largest absolute Gasteiger partial charge is 0.381 e. The van der Waals surface area contributed by atoms with Crippen molar-refractivity contribution in [2.75, 3.05) is 5.32 Å². The van der Waals surface area contributed by atoms with E-state index >= 15 is 0 Å². The molecule has 1 aromatic rings. The number of hydrogen-bond donors (Lipinski definition) is 2. The zero-order chi connectivity index (χ0) is 11.0. The third-order valence-corrected chi connectivity index (χ3v) is 3.20. The van der Waals surface area contributed by atoms with Crippen LogP contribution in [0.2, 0.25) is 0 Å². The lowest BCUT2D eigenvalue weighted by molar-refractivity contribution is -0.385. The van der Waals surface area contributed by atoms with E-state index in [4.69, 9.17) is 5.73 Å². The minimum Gasteiger partial charge on any atom is -0.381 e. The normalized spacial score (nSPS) is 23.6. The molecule has 0 saturated heterocycles. The lowest BCUT2D eigenvalue weighted by atomic mass is 10.3. The smallest absolute Gasteiger partial charge is 0.282 e. The van der Waals surface area contributed by atoms with Crippen LogP contribution in [-0.4, -0.2) is 17.0 Å². The van der Waals surface area contributed by atoms with Gasteiger partial charge in [-0.3, -0.25) is 10.1 Å². The van der Waals surface area contributed by atoms with Gasteiger partial charge >= 0.3 is 0 Å². The van der Waals surface area contributed by atoms with Gasteiger partial charge in [-0.2, -0.15) is 0 Å². The molecular weight excluding hydrogens is 309 g/mol. The first kappa shape index (κ1) is 10.6. The Hall–Kier alpha value is -0.890. The van der Waals surface area contributed by atoms with Crippen LogP contribution in [0.1, 0.15) is 6.42 Å². The molecule has 5 nitrogen and oxygen atoms in total. The molecule has 3 N–H and O–H groups in total. The molecule has 1 fully saturated rings. The first-order valence-electron chi connectivity index (χ1n) is 4.54. The lowest BCUT2D eigenvalue weighted by Gasteiger charge is -2.05. The van der Waals surface area contributed by atoms with E-state index in [1.807, 2.05) is 22.6 Å². The van der Waals surface area contributed by atoms with E-state index in [0.717, 1.165) is 12.1 Å². The van der Waals surface area contributed by atoms with Gasteiger partial charge in [0.25, 0.3) is 5.69 Å². The van der Waals surface area contributed by atoms with Crippen molar-refractivity contribution in [2.24, 2.45) is 5.73 Å². The second-order valence-corrected chi connectivity index (χ2v) is 4.74. The van der Waals surface area contributed by atoms with Crippen LogP contribution in [0.5, 0.6) is 0 Å². The molecule has 2 rings (SSSR count). The van der Waals surface area contributed by atoms with Crippen LogP contribution >= 0.6 is 22.6 Å². The summed E-state index contributed by atoms with van der Waals surface area (Å²) in [6.07, 6.45) is 0.966. The number of nitrogens with zero attached hydrogens (tertiary/aromatic N) is 1. The minimum atomic E-state index is -0.381. The molecule has 2 unspecified atom stereocenters. The van der Waals surface area contributed by atoms with Gasteiger partial charge in [0, 0.05) is 23.8 Å². The summed E-state index contributed by atoms with van der Waals surface area (Å²) in [7, 11) is 0. The molecule has 0 aliphatic heterocycles. The molecule has 0 bridgehead atoms. The van der Waals surface area contributed by atoms with Crippen LogP contribution in [0.3, 0.4) is 0 Å². The van der Waals surface area contributed by atoms with Crippen LogP contribution in [0.25, 0.3) is 0 Å². The Kier molecular flexibility index (Phi) is 2.79. The number of nitro benzene ring substituents is 1. The van der Waals surface area contributed by atoms with Crippen LogP contribution < -0.4 is 11.1 Å². The molecule has 0 heterocycles. The fourth-order valence-corrected chi connectivity index (χ4v) is 2.05. The first-order valence-corrected chi connectivity index (χ1v) is 5.62. The van der Waals surface area contributed by atoms with Gasteiger partial charge in [0.05, 0.1) is 8.49 Å². The van der Waals surface area contributed by atoms with Crippen LogP contribution in [-0.2, 0) is 0 Å². The summed E-state index contributed by atoms with van der Waals surface area (Å²) in [6, 6.07) is 5.53. The Balaban J connectivity index is 2.14. The van der Waals surface area contributed by atoms with E-state index in [-0.39, 0.29) is 16.7 Å². The fraction of sp³-hybridized carbons (Fsp3) is 0.333. The maximum Gasteiger partial charge on any atom is 0.282 e. The van der Waals surface area contributed by atoms with E-state index in [9.17, 15) is 10.1 Å². The summed E-state index contributed by atoms with van der Waals surface area (Å²) in [5.41, 5.74) is 6.69. The molecule has 6 heteroatoms. The van der Waals surface area contributed by atoms with Gasteiger partial charge in [0.2, 0.25) is 0 Å². The lowest BCUT2D eigenvalue weighted by Crippen LogP contribution is -2.13. The van der Waals surface area contributed by atoms with Crippen molar-refractivity contribution in [3.05, 3.63) is 31.9 Å². The summed E-state index contributed by atoms with van der Waals surface area (Å²) < 4.78 is 0.636. The van der Waals surface area contributed by atoms with E-state index in [2.05, 4.69) is 5.32 Å². The number of nitrogens with two attached hydrogens (primary N) is 1. The standard InChI is InChI=1S/C9H10IN3O2/c10-6-3-5(12-8-4-7(8)11)1-2-9(6)13(14)15/h1-3,7-8,12H,4,11H2. The molecule has 80 valence electrons. The van der Waals surface area contributed by atoms with Crippen molar-refractivity contribution >= 4 is 34.0 Å². The average Bonchev–Trinajstić information content (AvgIpc) is 2.81. The predicted octanol–water partition coefficient (Wildman–Crippen LogP) is 1.71. The highest BCUT2D eigenvalue weighted by molar-refractivity contribution is 14.1. The molecule has 1 aliphatic carbocycles. The number of nitro groups is 1. The average molecular weight is 319 g/mol. The Morgan fingerprint density at radius 2 is 2.27 bits per heavy atom. The molecular formula is C9H10IN3O2. The third kappa shape index (κ3) is 2.37. The predicted molar refractivity (Wildman–Crippen MR) is 65.8 cm³/mol. The third-order valence-electron chi connectivity index (χ3n) is 2.34. The maximum absolute atomic E-state index is 10.6. The molecule has 0 spiro atoms. The molecule has 1 saturated carbocycles. The highest BCUT2D eigenvalue weighted by atomic mass is 127. The molecule has 0 radical (unpaired) electrons. The van der Waals surface area contributed by atoms with E-state index < -0.39 is 0 Å². The topological polar surface area (TPSA) is 81.2 Å². The van der Waals surface area contributed by atoms with Crippen molar-refractivity contribution in [3.63, 3.8) is 0 Å². The maximum atomic E-state index is 10.6. The summed E-state index contributed by atoms with van der Waals surface area (Å²) in [5.74, 6) is 0. The highest BCUT2D eigenvalue weighted by Gasteiger charge is 2.33. The van der Waals surface area contributed by atoms with Crippen molar-refractivity contribution in [2.45, 2.75) is 18.5 Å². The van der Waals surface area contributed by atoms with E-state index in [0.29, 0.717) is 9.61 Å². The zero-order valence-corrected chi connectivity index (χ0v) is 9.97. The summed E-state index contributed by atoms with van der Waals surface area (Å²) in [5, 5.41) is 13.8. The molecule has 1 aromatic carbocycles. The van der Waals surface area contributed by atoms with Gasteiger partial charge in [-0.1, -0.05) is 0 Å². The SMILES string of the molecule is NC1CC1Nc1ccc([N+](=O)[O-])c(I)c1. The van der Waals surface area contributed by atoms with Gasteiger partial charge in [-0.05, 0) is 41.1 Å². The monoisotopic (exact) mass is 319 g/mol. The first-order chi connectivity index (χ1) is 7.08. The quantitative estimate of drug-likeness (QED) is 0.505. The molecule has 2 atom stereocenters. The van der Waals surface area contributed by atoms with Crippen LogP contribution in [0.15, 0.2) is 18.2 Å². The van der Waals surface area contributed by atoms with Crippen molar-refractivity contribution in [1.29, 1.82) is 0 Å². The van der Waals surface area contributed by atoms with E-state index in [1.165, 1.54) is 6.07 Å². The molecule has 0 amide bonds. The molecule has 0 aromatic heterocycles. The van der Waals surface area contributed by atoms with E-state index in [1.54, 1.807) is 12.1 Å². The summed E-state index contributed by atoms with van der Waals surface area (Å²) in [6.45, 7) is 0. The molecule has 15 heavy (non-hydrogen) atoms. The second-order valence-electron chi connectivity index (χ2n) is 3.57. The Labute approximate surface area is 100 Å². The minimum absolute atomic E-state index is 0.140. The summed E-state index contributed by atoms with van der Waals surface area (Å²) >= 11 is 1.96. The van der Waals surface area contributed by atoms with Gasteiger partial charge in [0.15, 0.2) is 0 Å². The van der Waals surface area contributed by atoms with Gasteiger partial charge in [-0.25, -0.2) is 0 Å². The van der Waals surface area contributed by atoms with Crippen LogP contribution in [0.4, 0.5) is 11.4 Å². The Morgan fingerprint density at radius 3 is 2.73 bits per heavy atom. The number of nitrogens with one attached hydrogen (secondary N) is 1. The number of benzene rings is 1. The van der Waals surface area contributed by atoms with Crippen LogP contribution in [0, 0.1) is 13.7 Å². The zero-order valence-electron chi connectivity index (χ0n) is 7.81. The molecule has 1 aliphatic rings. The Morgan fingerprint density at radius 1 is 1.60 bits per heavy atom. The van der Waals surface area contributed by atoms with Gasteiger partial charge in [0.1, 0.15) is 0 Å². The summed E-state index contributed by atoms with van der Waals surface area (Å²) in [4.78, 5) is 10.2. The number of hydrogen-bond acceptors (Lipinski definition) is 4. The van der Waals surface area contributed by atoms with Crippen molar-refractivity contribution in [3.8, 4) is 0 Å². The van der Waals surface area contributed by atoms with Gasteiger partial charge in [-0.15, -0.1) is 0 Å². The highest BCUT2D eigenvalue weighted by Crippen LogP contribution is 2.28. The number of halogens is 1. The number of anilines is 1. The van der Waals surface area contributed by atoms with Gasteiger partial charge < -0.3 is 11.1 Å². The Bertz CT molecular complexity index is 410. The van der Waals surface area contributed by atoms with Crippen molar-refractivity contribution in [1.82, 2.24) is 0 Å². The van der Waals surface area contributed by atoms with Crippen molar-refractivity contribution < 1.29 is 4.92 Å². The number of rotatable bonds is 3.